The molecule has 4 heterocycles. The number of aromatic carboxylic acids is 1. The highest BCUT2D eigenvalue weighted by Crippen LogP contribution is 2.46. The number of aromatic nitrogens is 3. The van der Waals surface area contributed by atoms with E-state index < -0.39 is 17.7 Å². The summed E-state index contributed by atoms with van der Waals surface area (Å²) in [4.78, 5) is 25.3. The quantitative estimate of drug-likeness (QED) is 0.417. The summed E-state index contributed by atoms with van der Waals surface area (Å²) < 4.78 is 47.7. The van der Waals surface area contributed by atoms with Crippen molar-refractivity contribution in [2.75, 3.05) is 4.90 Å². The Labute approximate surface area is 211 Å². The largest absolute Gasteiger partial charge is 0.477 e. The van der Waals surface area contributed by atoms with Gasteiger partial charge < -0.3 is 19.7 Å². The third kappa shape index (κ3) is 4.58. The third-order valence-electron chi connectivity index (χ3n) is 7.78. The van der Waals surface area contributed by atoms with Crippen molar-refractivity contribution in [3.05, 3.63) is 65.2 Å². The standard InChI is InChI=1S/C27H27F3N4O3/c28-27(29,30)22-4-2-1-3-19(22)20-13-32-24(15-5-6-15)21(20)14-37-18-11-16-7-8-17(12-18)34(16)26-31-10-9-23(33-26)25(35)36/h1-4,9-10,13,15-18,32H,5-8,11-12,14H2,(H,35,36). The van der Waals surface area contributed by atoms with Crippen LogP contribution in [0.2, 0.25) is 0 Å². The molecule has 37 heavy (non-hydrogen) atoms. The number of piperidine rings is 1. The average Bonchev–Trinajstić information content (AvgIpc) is 3.58. The van der Waals surface area contributed by atoms with Crippen molar-refractivity contribution in [2.45, 2.75) is 75.4 Å². The molecule has 0 spiro atoms. The number of carboxylic acids is 1. The van der Waals surface area contributed by atoms with E-state index in [0.29, 0.717) is 17.4 Å². The molecule has 2 N–H and O–H groups in total. The van der Waals surface area contributed by atoms with Crippen LogP contribution < -0.4 is 4.90 Å². The van der Waals surface area contributed by atoms with Crippen molar-refractivity contribution in [1.82, 2.24) is 15.0 Å². The normalized spacial score (nSPS) is 23.4. The Hall–Kier alpha value is -3.40. The average molecular weight is 513 g/mol. The van der Waals surface area contributed by atoms with Gasteiger partial charge in [0.25, 0.3) is 0 Å². The summed E-state index contributed by atoms with van der Waals surface area (Å²) in [6.45, 7) is 0.242. The molecule has 1 aliphatic carbocycles. The third-order valence-corrected chi connectivity index (χ3v) is 7.78. The zero-order valence-electron chi connectivity index (χ0n) is 20.0. The van der Waals surface area contributed by atoms with Gasteiger partial charge in [0, 0.05) is 41.3 Å². The van der Waals surface area contributed by atoms with E-state index in [2.05, 4.69) is 19.9 Å². The van der Waals surface area contributed by atoms with Gasteiger partial charge in [-0.05, 0) is 62.1 Å². The van der Waals surface area contributed by atoms with E-state index in [1.165, 1.54) is 24.4 Å². The van der Waals surface area contributed by atoms with Crippen LogP contribution in [-0.4, -0.2) is 44.2 Å². The van der Waals surface area contributed by atoms with Crippen LogP contribution in [0.1, 0.15) is 71.8 Å². The number of hydrogen-bond acceptors (Lipinski definition) is 5. The molecule has 0 amide bonds. The van der Waals surface area contributed by atoms with Crippen molar-refractivity contribution in [2.24, 2.45) is 0 Å². The highest BCUT2D eigenvalue weighted by atomic mass is 19.4. The summed E-state index contributed by atoms with van der Waals surface area (Å²) in [5.74, 6) is -0.323. The number of hydrogen-bond donors (Lipinski definition) is 2. The second-order valence-electron chi connectivity index (χ2n) is 10.2. The summed E-state index contributed by atoms with van der Waals surface area (Å²) in [5, 5.41) is 9.30. The van der Waals surface area contributed by atoms with Crippen LogP contribution >= 0.6 is 0 Å². The smallest absolute Gasteiger partial charge is 0.417 e. The predicted octanol–water partition coefficient (Wildman–Crippen LogP) is 5.78. The SMILES string of the molecule is O=C(O)c1ccnc(N2C3CCC2CC(OCc2c(-c4ccccc4C(F)(F)F)c[nH]c2C2CC2)C3)n1. The molecule has 6 rings (SSSR count). The van der Waals surface area contributed by atoms with Gasteiger partial charge in [-0.1, -0.05) is 18.2 Å². The lowest BCUT2D eigenvalue weighted by Gasteiger charge is -2.39. The number of carbonyl (C=O) groups is 1. The molecule has 1 aromatic carbocycles. The van der Waals surface area contributed by atoms with Crippen LogP contribution in [0.5, 0.6) is 0 Å². The van der Waals surface area contributed by atoms with E-state index in [-0.39, 0.29) is 36.1 Å². The number of alkyl halides is 3. The van der Waals surface area contributed by atoms with Crippen molar-refractivity contribution in [1.29, 1.82) is 0 Å². The molecule has 1 saturated carbocycles. The minimum atomic E-state index is -4.45. The Bertz CT molecular complexity index is 1310. The van der Waals surface area contributed by atoms with Crippen LogP contribution in [-0.2, 0) is 17.5 Å². The second-order valence-corrected chi connectivity index (χ2v) is 10.2. The molecule has 2 aliphatic heterocycles. The van der Waals surface area contributed by atoms with Gasteiger partial charge in [-0.15, -0.1) is 0 Å². The number of benzene rings is 1. The molecule has 2 saturated heterocycles. The van der Waals surface area contributed by atoms with Gasteiger partial charge in [0.2, 0.25) is 5.95 Å². The van der Waals surface area contributed by atoms with E-state index in [9.17, 15) is 23.1 Å². The summed E-state index contributed by atoms with van der Waals surface area (Å²) in [7, 11) is 0. The maximum Gasteiger partial charge on any atom is 0.417 e. The minimum Gasteiger partial charge on any atom is -0.477 e. The van der Waals surface area contributed by atoms with Crippen LogP contribution in [0.4, 0.5) is 19.1 Å². The molecule has 194 valence electrons. The Morgan fingerprint density at radius 1 is 1.08 bits per heavy atom. The molecule has 10 heteroatoms. The maximum atomic E-state index is 13.8. The fourth-order valence-corrected chi connectivity index (χ4v) is 5.95. The molecule has 7 nitrogen and oxygen atoms in total. The number of ether oxygens (including phenoxy) is 1. The summed E-state index contributed by atoms with van der Waals surface area (Å²) in [5.41, 5.74) is 1.83. The van der Waals surface area contributed by atoms with Crippen molar-refractivity contribution in [3.63, 3.8) is 0 Å². The van der Waals surface area contributed by atoms with Crippen LogP contribution in [0, 0.1) is 0 Å². The van der Waals surface area contributed by atoms with E-state index in [1.54, 1.807) is 12.3 Å². The zero-order chi connectivity index (χ0) is 25.7. The summed E-state index contributed by atoms with van der Waals surface area (Å²) >= 11 is 0. The number of nitrogens with zero attached hydrogens (tertiary/aromatic N) is 3. The Kier molecular flexibility index (Phi) is 5.94. The Balaban J connectivity index is 1.22. The van der Waals surface area contributed by atoms with Crippen molar-refractivity contribution in [3.8, 4) is 11.1 Å². The number of anilines is 1. The lowest BCUT2D eigenvalue weighted by Crippen LogP contribution is -2.46. The number of fused-ring (bicyclic) bond motifs is 2. The molecule has 2 bridgehead atoms. The van der Waals surface area contributed by atoms with Gasteiger partial charge >= 0.3 is 12.1 Å². The molecule has 2 atom stereocenters. The molecule has 3 aliphatic rings. The molecule has 3 fully saturated rings. The van der Waals surface area contributed by atoms with Gasteiger partial charge in [-0.25, -0.2) is 14.8 Å². The first kappa shape index (κ1) is 24.0. The molecule has 2 unspecified atom stereocenters. The van der Waals surface area contributed by atoms with Crippen LogP contribution in [0.15, 0.2) is 42.7 Å². The number of halogens is 3. The molecule has 2 aromatic heterocycles. The van der Waals surface area contributed by atoms with E-state index in [4.69, 9.17) is 4.74 Å². The first-order chi connectivity index (χ1) is 17.8. The highest BCUT2D eigenvalue weighted by Gasteiger charge is 2.43. The summed E-state index contributed by atoms with van der Waals surface area (Å²) in [6, 6.07) is 7.34. The Morgan fingerprint density at radius 2 is 1.81 bits per heavy atom. The molecular weight excluding hydrogens is 485 g/mol. The number of nitrogens with one attached hydrogen (secondary N) is 1. The molecular formula is C27H27F3N4O3. The number of rotatable bonds is 7. The van der Waals surface area contributed by atoms with Gasteiger partial charge in [0.1, 0.15) is 0 Å². The first-order valence-electron chi connectivity index (χ1n) is 12.6. The number of H-pyrrole nitrogens is 1. The lowest BCUT2D eigenvalue weighted by atomic mass is 9.96. The van der Waals surface area contributed by atoms with Crippen molar-refractivity contribution < 1.29 is 27.8 Å². The topological polar surface area (TPSA) is 91.3 Å². The van der Waals surface area contributed by atoms with Gasteiger partial charge in [-0.2, -0.15) is 13.2 Å². The van der Waals surface area contributed by atoms with Gasteiger partial charge in [0.15, 0.2) is 5.69 Å². The molecule has 0 radical (unpaired) electrons. The fraction of sp³-hybridized carbons (Fsp3) is 0.444. The fourth-order valence-electron chi connectivity index (χ4n) is 5.95. The van der Waals surface area contributed by atoms with Gasteiger partial charge in [0.05, 0.1) is 18.3 Å². The first-order valence-corrected chi connectivity index (χ1v) is 12.6. The Morgan fingerprint density at radius 3 is 2.49 bits per heavy atom. The summed E-state index contributed by atoms with van der Waals surface area (Å²) in [6.07, 6.45) is 4.04. The predicted molar refractivity (Wildman–Crippen MR) is 129 cm³/mol. The van der Waals surface area contributed by atoms with E-state index in [1.807, 2.05) is 0 Å². The van der Waals surface area contributed by atoms with Gasteiger partial charge in [-0.3, -0.25) is 0 Å². The monoisotopic (exact) mass is 512 g/mol. The zero-order valence-corrected chi connectivity index (χ0v) is 20.0. The number of carboxylic acid groups (broad SMARTS) is 1. The highest BCUT2D eigenvalue weighted by molar-refractivity contribution is 5.85. The van der Waals surface area contributed by atoms with E-state index >= 15 is 0 Å². The van der Waals surface area contributed by atoms with Crippen LogP contribution in [0.3, 0.4) is 0 Å². The van der Waals surface area contributed by atoms with Crippen LogP contribution in [0.25, 0.3) is 11.1 Å². The second kappa shape index (κ2) is 9.16. The number of aromatic amines is 1. The maximum absolute atomic E-state index is 13.8. The van der Waals surface area contributed by atoms with Crippen molar-refractivity contribution >= 4 is 11.9 Å². The lowest BCUT2D eigenvalue weighted by molar-refractivity contribution is -0.137. The molecule has 3 aromatic rings. The van der Waals surface area contributed by atoms with E-state index in [0.717, 1.165) is 55.8 Å². The minimum absolute atomic E-state index is 0.0329.